The molecule has 1 N–H and O–H groups in total. The molecule has 0 bridgehead atoms. The zero-order valence-corrected chi connectivity index (χ0v) is 17.9. The molecule has 0 unspecified atom stereocenters. The molecule has 1 aromatic heterocycles. The van der Waals surface area contributed by atoms with Gasteiger partial charge in [-0.05, 0) is 61.4 Å². The number of furan rings is 1. The zero-order valence-electron chi connectivity index (χ0n) is 17.0. The minimum atomic E-state index is -0.772. The summed E-state index contributed by atoms with van der Waals surface area (Å²) in [7, 11) is 0. The molecule has 1 saturated heterocycles. The fraction of sp³-hybridized carbons (Fsp3) is 0.125. The molecule has 0 radical (unpaired) electrons. The molecule has 1 fully saturated rings. The highest BCUT2D eigenvalue weighted by atomic mass is 32.2. The molecule has 6 nitrogen and oxygen atoms in total. The van der Waals surface area contributed by atoms with E-state index in [0.717, 1.165) is 21.8 Å². The lowest BCUT2D eigenvalue weighted by Gasteiger charge is -2.26. The second kappa shape index (κ2) is 8.65. The Morgan fingerprint density at radius 2 is 1.68 bits per heavy atom. The first-order valence-electron chi connectivity index (χ1n) is 9.79. The second-order valence-electron chi connectivity index (χ2n) is 7.05. The number of amides is 4. The van der Waals surface area contributed by atoms with Crippen molar-refractivity contribution in [2.75, 3.05) is 4.90 Å². The molecule has 156 valence electrons. The van der Waals surface area contributed by atoms with Crippen LogP contribution >= 0.6 is 11.8 Å². The van der Waals surface area contributed by atoms with E-state index in [1.54, 1.807) is 24.3 Å². The minimum Gasteiger partial charge on any atom is -0.450 e. The van der Waals surface area contributed by atoms with Gasteiger partial charge in [-0.1, -0.05) is 48.5 Å². The number of hydrogen-bond acceptors (Lipinski definition) is 5. The molecule has 0 aliphatic carbocycles. The van der Waals surface area contributed by atoms with Gasteiger partial charge in [-0.2, -0.15) is 0 Å². The van der Waals surface area contributed by atoms with Gasteiger partial charge in [-0.3, -0.25) is 14.9 Å². The summed E-state index contributed by atoms with van der Waals surface area (Å²) in [5.74, 6) is -1.09. The van der Waals surface area contributed by atoms with E-state index in [9.17, 15) is 14.4 Å². The summed E-state index contributed by atoms with van der Waals surface area (Å²) in [4.78, 5) is 39.6. The SMILES string of the molecule is CCc1ccc(N2C(=O)NC(=O)/C(=C\c3ccc(Sc4ccc(C)cc4)o3)C2=O)cc1. The second-order valence-corrected chi connectivity index (χ2v) is 8.13. The van der Waals surface area contributed by atoms with E-state index in [0.29, 0.717) is 16.5 Å². The third-order valence-corrected chi connectivity index (χ3v) is 5.76. The van der Waals surface area contributed by atoms with Crippen molar-refractivity contribution in [3.05, 3.63) is 83.1 Å². The number of hydrogen-bond donors (Lipinski definition) is 1. The number of carbonyl (C=O) groups excluding carboxylic acids is 3. The largest absolute Gasteiger partial charge is 0.450 e. The molecule has 31 heavy (non-hydrogen) atoms. The van der Waals surface area contributed by atoms with Crippen molar-refractivity contribution >= 4 is 41.4 Å². The number of benzene rings is 2. The smallest absolute Gasteiger partial charge is 0.335 e. The fourth-order valence-electron chi connectivity index (χ4n) is 3.10. The van der Waals surface area contributed by atoms with Crippen LogP contribution in [0.5, 0.6) is 0 Å². The normalized spacial score (nSPS) is 15.5. The van der Waals surface area contributed by atoms with Crippen LogP contribution < -0.4 is 10.2 Å². The van der Waals surface area contributed by atoms with Crippen LogP contribution in [0.25, 0.3) is 6.08 Å². The number of anilines is 1. The van der Waals surface area contributed by atoms with E-state index in [2.05, 4.69) is 5.32 Å². The van der Waals surface area contributed by atoms with Gasteiger partial charge in [0.25, 0.3) is 11.8 Å². The highest BCUT2D eigenvalue weighted by Gasteiger charge is 2.37. The van der Waals surface area contributed by atoms with Crippen LogP contribution in [-0.2, 0) is 16.0 Å². The third-order valence-electron chi connectivity index (χ3n) is 4.83. The van der Waals surface area contributed by atoms with Crippen molar-refractivity contribution in [3.8, 4) is 0 Å². The van der Waals surface area contributed by atoms with Crippen molar-refractivity contribution in [3.63, 3.8) is 0 Å². The Labute approximate surface area is 183 Å². The molecule has 0 spiro atoms. The van der Waals surface area contributed by atoms with Crippen molar-refractivity contribution < 1.29 is 18.8 Å². The van der Waals surface area contributed by atoms with E-state index in [1.807, 2.05) is 50.2 Å². The lowest BCUT2D eigenvalue weighted by molar-refractivity contribution is -0.122. The quantitative estimate of drug-likeness (QED) is 0.455. The number of aryl methyl sites for hydroxylation is 2. The van der Waals surface area contributed by atoms with Crippen LogP contribution in [0, 0.1) is 6.92 Å². The Kier molecular flexibility index (Phi) is 5.77. The molecule has 4 amide bonds. The van der Waals surface area contributed by atoms with Gasteiger partial charge in [0.2, 0.25) is 0 Å². The standard InChI is InChI=1S/C24H20N2O4S/c1-3-16-6-8-17(9-7-16)26-23(28)20(22(27)25-24(26)29)14-18-10-13-21(30-18)31-19-11-4-15(2)5-12-19/h4-14H,3H2,1-2H3,(H,25,27,29)/b20-14+. The lowest BCUT2D eigenvalue weighted by atomic mass is 10.1. The molecule has 0 saturated carbocycles. The maximum absolute atomic E-state index is 13.0. The monoisotopic (exact) mass is 432 g/mol. The Balaban J connectivity index is 1.58. The first-order valence-corrected chi connectivity index (χ1v) is 10.6. The molecule has 7 heteroatoms. The first-order chi connectivity index (χ1) is 14.9. The van der Waals surface area contributed by atoms with E-state index in [1.165, 1.54) is 23.4 Å². The predicted molar refractivity (Wildman–Crippen MR) is 119 cm³/mol. The maximum Gasteiger partial charge on any atom is 0.335 e. The number of urea groups is 1. The van der Waals surface area contributed by atoms with Crippen LogP contribution in [0.4, 0.5) is 10.5 Å². The molecule has 0 atom stereocenters. The number of barbiturate groups is 1. The zero-order chi connectivity index (χ0) is 22.0. The summed E-state index contributed by atoms with van der Waals surface area (Å²) in [6, 6.07) is 17.8. The molecule has 1 aliphatic heterocycles. The van der Waals surface area contributed by atoms with Crippen LogP contribution in [0.3, 0.4) is 0 Å². The van der Waals surface area contributed by atoms with Crippen molar-refractivity contribution in [2.45, 2.75) is 30.3 Å². The summed E-state index contributed by atoms with van der Waals surface area (Å²) >= 11 is 1.44. The molecule has 2 aromatic carbocycles. The summed E-state index contributed by atoms with van der Waals surface area (Å²) in [5.41, 5.74) is 2.47. The predicted octanol–water partition coefficient (Wildman–Crippen LogP) is 4.97. The number of imide groups is 2. The first kappa shape index (κ1) is 20.7. The topological polar surface area (TPSA) is 79.6 Å². The summed E-state index contributed by atoms with van der Waals surface area (Å²) in [5, 5.41) is 2.85. The number of carbonyl (C=O) groups is 3. The number of rotatable bonds is 5. The maximum atomic E-state index is 13.0. The summed E-state index contributed by atoms with van der Waals surface area (Å²) in [6.45, 7) is 4.03. The Hall–Kier alpha value is -3.58. The Bertz CT molecular complexity index is 1180. The average molecular weight is 433 g/mol. The third kappa shape index (κ3) is 4.46. The van der Waals surface area contributed by atoms with Gasteiger partial charge in [0, 0.05) is 4.90 Å². The van der Waals surface area contributed by atoms with E-state index in [-0.39, 0.29) is 5.57 Å². The Morgan fingerprint density at radius 1 is 0.968 bits per heavy atom. The van der Waals surface area contributed by atoms with Crippen LogP contribution in [0.1, 0.15) is 23.8 Å². The molecule has 4 rings (SSSR count). The number of nitrogens with zero attached hydrogens (tertiary/aromatic N) is 1. The highest BCUT2D eigenvalue weighted by molar-refractivity contribution is 7.99. The minimum absolute atomic E-state index is 0.166. The highest BCUT2D eigenvalue weighted by Crippen LogP contribution is 2.30. The molecular formula is C24H20N2O4S. The van der Waals surface area contributed by atoms with Crippen molar-refractivity contribution in [2.24, 2.45) is 0 Å². The average Bonchev–Trinajstić information content (AvgIpc) is 3.20. The van der Waals surface area contributed by atoms with Gasteiger partial charge >= 0.3 is 6.03 Å². The van der Waals surface area contributed by atoms with Gasteiger partial charge < -0.3 is 4.42 Å². The molecular weight excluding hydrogens is 412 g/mol. The van der Waals surface area contributed by atoms with Gasteiger partial charge in [0.05, 0.1) is 5.69 Å². The van der Waals surface area contributed by atoms with E-state index < -0.39 is 17.8 Å². The number of nitrogens with one attached hydrogen (secondary N) is 1. The molecule has 3 aromatic rings. The Morgan fingerprint density at radius 3 is 2.35 bits per heavy atom. The van der Waals surface area contributed by atoms with Crippen LogP contribution in [-0.4, -0.2) is 17.8 Å². The van der Waals surface area contributed by atoms with Gasteiger partial charge in [0.15, 0.2) is 5.09 Å². The van der Waals surface area contributed by atoms with Gasteiger partial charge in [-0.25, -0.2) is 9.69 Å². The molecule has 1 aliphatic rings. The molecule has 2 heterocycles. The summed E-state index contributed by atoms with van der Waals surface area (Å²) in [6.07, 6.45) is 2.20. The van der Waals surface area contributed by atoms with Crippen molar-refractivity contribution in [1.82, 2.24) is 5.32 Å². The van der Waals surface area contributed by atoms with Crippen LogP contribution in [0.15, 0.2) is 80.6 Å². The van der Waals surface area contributed by atoms with Gasteiger partial charge in [0.1, 0.15) is 11.3 Å². The van der Waals surface area contributed by atoms with Crippen molar-refractivity contribution in [1.29, 1.82) is 0 Å². The summed E-state index contributed by atoms with van der Waals surface area (Å²) < 4.78 is 5.77. The lowest BCUT2D eigenvalue weighted by Crippen LogP contribution is -2.54. The van der Waals surface area contributed by atoms with Gasteiger partial charge in [-0.15, -0.1) is 0 Å². The van der Waals surface area contributed by atoms with Crippen LogP contribution in [0.2, 0.25) is 0 Å². The van der Waals surface area contributed by atoms with E-state index in [4.69, 9.17) is 4.42 Å². The van der Waals surface area contributed by atoms with E-state index >= 15 is 0 Å². The fourth-order valence-corrected chi connectivity index (χ4v) is 3.88.